The summed E-state index contributed by atoms with van der Waals surface area (Å²) < 4.78 is 1.70. The Balaban J connectivity index is 1.78. The largest absolute Gasteiger partial charge is 0.380 e. The van der Waals surface area contributed by atoms with Gasteiger partial charge in [0.25, 0.3) is 5.56 Å². The lowest BCUT2D eigenvalue weighted by Crippen LogP contribution is -2.17. The molecule has 0 amide bonds. The quantitative estimate of drug-likeness (QED) is 0.790. The van der Waals surface area contributed by atoms with Gasteiger partial charge in [-0.25, -0.2) is 0 Å². The van der Waals surface area contributed by atoms with Crippen molar-refractivity contribution in [2.24, 2.45) is 0 Å². The van der Waals surface area contributed by atoms with Gasteiger partial charge in [-0.3, -0.25) is 4.79 Å². The molecule has 0 fully saturated rings. The van der Waals surface area contributed by atoms with Gasteiger partial charge in [0.2, 0.25) is 0 Å². The van der Waals surface area contributed by atoms with Crippen molar-refractivity contribution >= 4 is 16.5 Å². The summed E-state index contributed by atoms with van der Waals surface area (Å²) in [7, 11) is 0. The van der Waals surface area contributed by atoms with Gasteiger partial charge in [-0.2, -0.15) is 0 Å². The Morgan fingerprint density at radius 2 is 1.81 bits per heavy atom. The first-order valence-electron chi connectivity index (χ1n) is 7.18. The Morgan fingerprint density at radius 1 is 1.00 bits per heavy atom. The number of nitrogens with zero attached hydrogens (tertiary/aromatic N) is 1. The van der Waals surface area contributed by atoms with Crippen LogP contribution in [-0.2, 0) is 13.1 Å². The SMILES string of the molecule is CCn1cc(NCc2ccc3ccccc3c2)ccc1=O. The number of rotatable bonds is 4. The van der Waals surface area contributed by atoms with Crippen molar-refractivity contribution in [2.75, 3.05) is 5.32 Å². The lowest BCUT2D eigenvalue weighted by atomic mass is 10.1. The number of anilines is 1. The van der Waals surface area contributed by atoms with Gasteiger partial charge in [-0.15, -0.1) is 0 Å². The molecule has 0 radical (unpaired) electrons. The molecule has 1 N–H and O–H groups in total. The van der Waals surface area contributed by atoms with Gasteiger partial charge in [-0.1, -0.05) is 36.4 Å². The molecule has 1 heterocycles. The molecule has 0 saturated heterocycles. The third-order valence-electron chi connectivity index (χ3n) is 3.63. The fourth-order valence-corrected chi connectivity index (χ4v) is 2.44. The van der Waals surface area contributed by atoms with Crippen LogP contribution in [0.5, 0.6) is 0 Å². The average molecular weight is 278 g/mol. The summed E-state index contributed by atoms with van der Waals surface area (Å²) in [5, 5.41) is 5.86. The second-order valence-corrected chi connectivity index (χ2v) is 5.08. The van der Waals surface area contributed by atoms with Crippen LogP contribution in [0.15, 0.2) is 65.6 Å². The van der Waals surface area contributed by atoms with Gasteiger partial charge in [0.05, 0.1) is 5.69 Å². The summed E-state index contributed by atoms with van der Waals surface area (Å²) in [6.45, 7) is 3.39. The van der Waals surface area contributed by atoms with Crippen molar-refractivity contribution in [3.8, 4) is 0 Å². The molecule has 3 rings (SSSR count). The van der Waals surface area contributed by atoms with E-state index in [1.807, 2.05) is 25.3 Å². The number of nitrogens with one attached hydrogen (secondary N) is 1. The summed E-state index contributed by atoms with van der Waals surface area (Å²) in [6, 6.07) is 18.2. The van der Waals surface area contributed by atoms with E-state index in [2.05, 4.69) is 41.7 Å². The molecular formula is C18H18N2O. The Labute approximate surface area is 123 Å². The highest BCUT2D eigenvalue weighted by Gasteiger charge is 1.99. The molecule has 0 unspecified atom stereocenters. The van der Waals surface area contributed by atoms with E-state index >= 15 is 0 Å². The van der Waals surface area contributed by atoms with Crippen molar-refractivity contribution in [3.63, 3.8) is 0 Å². The normalized spacial score (nSPS) is 10.7. The van der Waals surface area contributed by atoms with E-state index < -0.39 is 0 Å². The molecule has 106 valence electrons. The number of fused-ring (bicyclic) bond motifs is 1. The van der Waals surface area contributed by atoms with Crippen LogP contribution in [0.2, 0.25) is 0 Å². The number of benzene rings is 2. The highest BCUT2D eigenvalue weighted by Crippen LogP contribution is 2.16. The topological polar surface area (TPSA) is 34.0 Å². The summed E-state index contributed by atoms with van der Waals surface area (Å²) in [5.74, 6) is 0. The lowest BCUT2D eigenvalue weighted by molar-refractivity contribution is 0.727. The first kappa shape index (κ1) is 13.4. The van der Waals surface area contributed by atoms with Gasteiger partial charge in [0.1, 0.15) is 0 Å². The highest BCUT2D eigenvalue weighted by atomic mass is 16.1. The van der Waals surface area contributed by atoms with Gasteiger partial charge in [0, 0.05) is 25.4 Å². The number of aromatic nitrogens is 1. The second kappa shape index (κ2) is 5.83. The van der Waals surface area contributed by atoms with Crippen LogP contribution < -0.4 is 10.9 Å². The molecule has 0 atom stereocenters. The molecule has 0 aliphatic rings. The molecule has 0 bridgehead atoms. The first-order valence-corrected chi connectivity index (χ1v) is 7.18. The van der Waals surface area contributed by atoms with Crippen LogP contribution in [0.25, 0.3) is 10.8 Å². The van der Waals surface area contributed by atoms with Crippen LogP contribution in [0.4, 0.5) is 5.69 Å². The van der Waals surface area contributed by atoms with E-state index in [9.17, 15) is 4.79 Å². The smallest absolute Gasteiger partial charge is 0.250 e. The summed E-state index contributed by atoms with van der Waals surface area (Å²) >= 11 is 0. The van der Waals surface area contributed by atoms with E-state index in [-0.39, 0.29) is 5.56 Å². The standard InChI is InChI=1S/C18H18N2O/c1-2-20-13-17(9-10-18(20)21)19-12-14-7-8-15-5-3-4-6-16(15)11-14/h3-11,13,19H,2,12H2,1H3. The van der Waals surface area contributed by atoms with Gasteiger partial charge < -0.3 is 9.88 Å². The summed E-state index contributed by atoms with van der Waals surface area (Å²) in [6.07, 6.45) is 1.86. The molecule has 0 aliphatic heterocycles. The number of aryl methyl sites for hydroxylation is 1. The predicted molar refractivity (Wildman–Crippen MR) is 87.7 cm³/mol. The number of hydrogen-bond acceptors (Lipinski definition) is 2. The second-order valence-electron chi connectivity index (χ2n) is 5.08. The van der Waals surface area contributed by atoms with Crippen LogP contribution in [0.3, 0.4) is 0 Å². The van der Waals surface area contributed by atoms with Crippen LogP contribution in [0.1, 0.15) is 12.5 Å². The maximum atomic E-state index is 11.6. The minimum absolute atomic E-state index is 0.0359. The highest BCUT2D eigenvalue weighted by molar-refractivity contribution is 5.83. The van der Waals surface area contributed by atoms with Crippen molar-refractivity contribution < 1.29 is 0 Å². The first-order chi connectivity index (χ1) is 10.3. The van der Waals surface area contributed by atoms with Gasteiger partial charge >= 0.3 is 0 Å². The van der Waals surface area contributed by atoms with Crippen molar-refractivity contribution in [3.05, 3.63) is 76.7 Å². The molecule has 0 saturated carbocycles. The number of pyridine rings is 1. The zero-order valence-corrected chi connectivity index (χ0v) is 12.0. The molecule has 2 aromatic carbocycles. The fraction of sp³-hybridized carbons (Fsp3) is 0.167. The lowest BCUT2D eigenvalue weighted by Gasteiger charge is -2.09. The molecule has 0 spiro atoms. The molecule has 1 aromatic heterocycles. The summed E-state index contributed by atoms with van der Waals surface area (Å²) in [4.78, 5) is 11.6. The Hall–Kier alpha value is -2.55. The van der Waals surface area contributed by atoms with E-state index in [0.717, 1.165) is 12.2 Å². The monoisotopic (exact) mass is 278 g/mol. The van der Waals surface area contributed by atoms with E-state index in [1.54, 1.807) is 10.6 Å². The maximum absolute atomic E-state index is 11.6. The van der Waals surface area contributed by atoms with E-state index in [1.165, 1.54) is 16.3 Å². The zero-order valence-electron chi connectivity index (χ0n) is 12.0. The minimum Gasteiger partial charge on any atom is -0.380 e. The average Bonchev–Trinajstić information content (AvgIpc) is 2.54. The Morgan fingerprint density at radius 3 is 2.62 bits per heavy atom. The molecule has 3 nitrogen and oxygen atoms in total. The molecule has 3 aromatic rings. The van der Waals surface area contributed by atoms with Crippen molar-refractivity contribution in [1.29, 1.82) is 0 Å². The van der Waals surface area contributed by atoms with Crippen LogP contribution >= 0.6 is 0 Å². The maximum Gasteiger partial charge on any atom is 0.250 e. The van der Waals surface area contributed by atoms with Crippen molar-refractivity contribution in [1.82, 2.24) is 4.57 Å². The molecule has 0 aliphatic carbocycles. The third kappa shape index (κ3) is 2.97. The Kier molecular flexibility index (Phi) is 3.73. The van der Waals surface area contributed by atoms with Gasteiger partial charge in [0.15, 0.2) is 0 Å². The predicted octanol–water partition coefficient (Wildman–Crippen LogP) is 3.63. The summed E-state index contributed by atoms with van der Waals surface area (Å²) in [5.41, 5.74) is 2.22. The zero-order chi connectivity index (χ0) is 14.7. The van der Waals surface area contributed by atoms with Crippen LogP contribution in [-0.4, -0.2) is 4.57 Å². The third-order valence-corrected chi connectivity index (χ3v) is 3.63. The van der Waals surface area contributed by atoms with Gasteiger partial charge in [-0.05, 0) is 35.4 Å². The molecule has 3 heteroatoms. The van der Waals surface area contributed by atoms with E-state index in [4.69, 9.17) is 0 Å². The Bertz CT molecular complexity index is 821. The molecular weight excluding hydrogens is 260 g/mol. The van der Waals surface area contributed by atoms with Crippen LogP contribution in [0, 0.1) is 0 Å². The van der Waals surface area contributed by atoms with Crippen molar-refractivity contribution in [2.45, 2.75) is 20.0 Å². The number of hydrogen-bond donors (Lipinski definition) is 1. The van der Waals surface area contributed by atoms with E-state index in [0.29, 0.717) is 6.54 Å². The fourth-order valence-electron chi connectivity index (χ4n) is 2.44. The minimum atomic E-state index is 0.0359. The molecule has 21 heavy (non-hydrogen) atoms.